The maximum atomic E-state index is 13.0. The van der Waals surface area contributed by atoms with Crippen LogP contribution < -0.4 is 10.1 Å². The summed E-state index contributed by atoms with van der Waals surface area (Å²) < 4.78 is 23.4. The molecule has 26 heavy (non-hydrogen) atoms. The van der Waals surface area contributed by atoms with Gasteiger partial charge in [-0.05, 0) is 42.0 Å². The van der Waals surface area contributed by atoms with Crippen LogP contribution in [0.4, 0.5) is 10.1 Å². The molecule has 0 bridgehead atoms. The number of hydrogen-bond donors (Lipinski definition) is 1. The molecular formula is C19H19FN2O4. The number of halogens is 1. The van der Waals surface area contributed by atoms with E-state index < -0.39 is 6.04 Å². The molecule has 1 aliphatic rings. The number of rotatable bonds is 5. The summed E-state index contributed by atoms with van der Waals surface area (Å²) in [6.07, 6.45) is 0. The Hall–Kier alpha value is -2.93. The van der Waals surface area contributed by atoms with E-state index in [1.54, 1.807) is 19.2 Å². The summed E-state index contributed by atoms with van der Waals surface area (Å²) in [6, 6.07) is 12.0. The minimum Gasteiger partial charge on any atom is -0.497 e. The molecule has 1 heterocycles. The molecule has 6 nitrogen and oxygen atoms in total. The molecule has 3 rings (SSSR count). The van der Waals surface area contributed by atoms with Gasteiger partial charge >= 0.3 is 0 Å². The topological polar surface area (TPSA) is 67.9 Å². The van der Waals surface area contributed by atoms with Gasteiger partial charge in [0.15, 0.2) is 0 Å². The van der Waals surface area contributed by atoms with Gasteiger partial charge in [-0.25, -0.2) is 4.39 Å². The van der Waals surface area contributed by atoms with Crippen molar-refractivity contribution in [1.82, 2.24) is 4.90 Å². The van der Waals surface area contributed by atoms with Crippen LogP contribution in [-0.4, -0.2) is 43.1 Å². The minimum atomic E-state index is -0.761. The van der Waals surface area contributed by atoms with Crippen molar-refractivity contribution in [3.8, 4) is 5.75 Å². The molecule has 0 radical (unpaired) electrons. The lowest BCUT2D eigenvalue weighted by Gasteiger charge is -2.34. The van der Waals surface area contributed by atoms with Gasteiger partial charge in [-0.15, -0.1) is 0 Å². The summed E-state index contributed by atoms with van der Waals surface area (Å²) in [5, 5.41) is 2.69. The Morgan fingerprint density at radius 1 is 1.23 bits per heavy atom. The van der Waals surface area contributed by atoms with Gasteiger partial charge < -0.3 is 19.7 Å². The van der Waals surface area contributed by atoms with Crippen molar-refractivity contribution in [1.29, 1.82) is 0 Å². The Kier molecular flexibility index (Phi) is 5.48. The number of hydrogen-bond acceptors (Lipinski definition) is 4. The zero-order valence-electron chi connectivity index (χ0n) is 14.3. The fourth-order valence-corrected chi connectivity index (χ4v) is 2.71. The fourth-order valence-electron chi connectivity index (χ4n) is 2.71. The Bertz CT molecular complexity index is 777. The maximum absolute atomic E-state index is 13.0. The second-order valence-corrected chi connectivity index (χ2v) is 5.90. The number of morpholine rings is 1. The molecule has 1 N–H and O–H groups in total. The molecule has 0 aromatic heterocycles. The van der Waals surface area contributed by atoms with Gasteiger partial charge in [0.1, 0.15) is 24.2 Å². The molecule has 2 aromatic carbocycles. The molecule has 2 amide bonds. The van der Waals surface area contributed by atoms with Crippen molar-refractivity contribution in [3.05, 3.63) is 59.9 Å². The number of nitrogens with zero attached hydrogens (tertiary/aromatic N) is 1. The predicted octanol–water partition coefficient (Wildman–Crippen LogP) is 2.20. The van der Waals surface area contributed by atoms with E-state index in [0.29, 0.717) is 11.4 Å². The van der Waals surface area contributed by atoms with E-state index in [9.17, 15) is 14.0 Å². The van der Waals surface area contributed by atoms with Crippen LogP contribution in [0.15, 0.2) is 48.5 Å². The SMILES string of the molecule is COc1ccc(CN2C(=O)COC[C@H]2C(=O)Nc2ccc(F)cc2)cc1. The highest BCUT2D eigenvalue weighted by Gasteiger charge is 2.34. The monoisotopic (exact) mass is 358 g/mol. The Labute approximate surface area is 150 Å². The molecule has 7 heteroatoms. The fraction of sp³-hybridized carbons (Fsp3) is 0.263. The molecule has 1 fully saturated rings. The van der Waals surface area contributed by atoms with Gasteiger partial charge in [-0.1, -0.05) is 12.1 Å². The Morgan fingerprint density at radius 3 is 2.58 bits per heavy atom. The maximum Gasteiger partial charge on any atom is 0.249 e. The van der Waals surface area contributed by atoms with Crippen molar-refractivity contribution in [2.24, 2.45) is 0 Å². The van der Waals surface area contributed by atoms with Crippen LogP contribution in [0.25, 0.3) is 0 Å². The van der Waals surface area contributed by atoms with Crippen molar-refractivity contribution in [2.75, 3.05) is 25.6 Å². The number of carbonyl (C=O) groups is 2. The quantitative estimate of drug-likeness (QED) is 0.890. The second-order valence-electron chi connectivity index (χ2n) is 5.90. The summed E-state index contributed by atoms with van der Waals surface area (Å²) in [5.41, 5.74) is 1.33. The Balaban J connectivity index is 1.73. The average Bonchev–Trinajstić information content (AvgIpc) is 2.65. The normalized spacial score (nSPS) is 17.1. The van der Waals surface area contributed by atoms with E-state index >= 15 is 0 Å². The predicted molar refractivity (Wildman–Crippen MR) is 93.2 cm³/mol. The van der Waals surface area contributed by atoms with E-state index in [4.69, 9.17) is 9.47 Å². The van der Waals surface area contributed by atoms with E-state index in [-0.39, 0.29) is 37.4 Å². The third kappa shape index (κ3) is 4.18. The van der Waals surface area contributed by atoms with Crippen LogP contribution in [-0.2, 0) is 20.9 Å². The van der Waals surface area contributed by atoms with Crippen LogP contribution in [0.5, 0.6) is 5.75 Å². The van der Waals surface area contributed by atoms with Crippen LogP contribution in [0.1, 0.15) is 5.56 Å². The van der Waals surface area contributed by atoms with Crippen molar-refractivity contribution in [3.63, 3.8) is 0 Å². The lowest BCUT2D eigenvalue weighted by Crippen LogP contribution is -2.54. The molecule has 2 aromatic rings. The largest absolute Gasteiger partial charge is 0.497 e. The number of anilines is 1. The summed E-state index contributed by atoms with van der Waals surface area (Å²) in [4.78, 5) is 26.4. The van der Waals surface area contributed by atoms with Gasteiger partial charge in [-0.2, -0.15) is 0 Å². The summed E-state index contributed by atoms with van der Waals surface area (Å²) in [5.74, 6) is -0.308. The number of carbonyl (C=O) groups excluding carboxylic acids is 2. The molecular weight excluding hydrogens is 339 g/mol. The third-order valence-corrected chi connectivity index (χ3v) is 4.12. The molecule has 0 aliphatic carbocycles. The minimum absolute atomic E-state index is 0.0590. The lowest BCUT2D eigenvalue weighted by molar-refractivity contribution is -0.154. The summed E-state index contributed by atoms with van der Waals surface area (Å²) >= 11 is 0. The first-order chi connectivity index (χ1) is 12.6. The Morgan fingerprint density at radius 2 is 1.92 bits per heavy atom. The van der Waals surface area contributed by atoms with Crippen molar-refractivity contribution in [2.45, 2.75) is 12.6 Å². The lowest BCUT2D eigenvalue weighted by atomic mass is 10.1. The number of nitrogens with one attached hydrogen (secondary N) is 1. The van der Waals surface area contributed by atoms with Gasteiger partial charge in [0.25, 0.3) is 0 Å². The first-order valence-corrected chi connectivity index (χ1v) is 8.13. The number of benzene rings is 2. The van der Waals surface area contributed by atoms with Gasteiger partial charge in [0, 0.05) is 12.2 Å². The molecule has 136 valence electrons. The van der Waals surface area contributed by atoms with E-state index in [0.717, 1.165) is 5.56 Å². The molecule has 0 saturated carbocycles. The van der Waals surface area contributed by atoms with Gasteiger partial charge in [0.2, 0.25) is 11.8 Å². The van der Waals surface area contributed by atoms with Gasteiger partial charge in [-0.3, -0.25) is 9.59 Å². The number of ether oxygens (including phenoxy) is 2. The smallest absolute Gasteiger partial charge is 0.249 e. The number of amides is 2. The average molecular weight is 358 g/mol. The standard InChI is InChI=1S/C19H19FN2O4/c1-25-16-8-2-13(3-9-16)10-22-17(11-26-12-18(22)23)19(24)21-15-6-4-14(20)5-7-15/h2-9,17H,10-12H2,1H3,(H,21,24)/t17-/m0/s1. The molecule has 1 saturated heterocycles. The highest BCUT2D eigenvalue weighted by Crippen LogP contribution is 2.18. The highest BCUT2D eigenvalue weighted by molar-refractivity contribution is 5.97. The zero-order valence-corrected chi connectivity index (χ0v) is 14.3. The van der Waals surface area contributed by atoms with E-state index in [1.807, 2.05) is 12.1 Å². The van der Waals surface area contributed by atoms with Crippen molar-refractivity contribution < 1.29 is 23.5 Å². The molecule has 1 aliphatic heterocycles. The van der Waals surface area contributed by atoms with E-state index in [1.165, 1.54) is 29.2 Å². The zero-order chi connectivity index (χ0) is 18.5. The van der Waals surface area contributed by atoms with Crippen molar-refractivity contribution >= 4 is 17.5 Å². The highest BCUT2D eigenvalue weighted by atomic mass is 19.1. The second kappa shape index (κ2) is 7.97. The first-order valence-electron chi connectivity index (χ1n) is 8.13. The third-order valence-electron chi connectivity index (χ3n) is 4.12. The molecule has 0 spiro atoms. The van der Waals surface area contributed by atoms with E-state index in [2.05, 4.69) is 5.32 Å². The van der Waals surface area contributed by atoms with Crippen LogP contribution in [0.3, 0.4) is 0 Å². The molecule has 1 atom stereocenters. The van der Waals surface area contributed by atoms with Crippen LogP contribution in [0.2, 0.25) is 0 Å². The van der Waals surface area contributed by atoms with Gasteiger partial charge in [0.05, 0.1) is 13.7 Å². The first kappa shape index (κ1) is 17.9. The van der Waals surface area contributed by atoms with Crippen LogP contribution >= 0.6 is 0 Å². The summed E-state index contributed by atoms with van der Waals surface area (Å²) in [7, 11) is 1.58. The summed E-state index contributed by atoms with van der Waals surface area (Å²) in [6.45, 7) is 0.332. The van der Waals surface area contributed by atoms with Crippen LogP contribution in [0, 0.1) is 5.82 Å². The molecule has 0 unspecified atom stereocenters. The number of methoxy groups -OCH3 is 1.